The Morgan fingerprint density at radius 2 is 1.62 bits per heavy atom. The number of benzene rings is 1. The fourth-order valence-corrected chi connectivity index (χ4v) is 4.13. The highest BCUT2D eigenvalue weighted by atomic mass is 28.3. The fraction of sp³-hybridized carbons (Fsp3) is 0.480. The van der Waals surface area contributed by atoms with Crippen molar-refractivity contribution in [1.29, 1.82) is 0 Å². The Hall–Kier alpha value is -2.91. The van der Waals surface area contributed by atoms with E-state index in [1.807, 2.05) is 12.1 Å². The highest BCUT2D eigenvalue weighted by Gasteiger charge is 2.28. The average molecular weight is 492 g/mol. The Bertz CT molecular complexity index is 831. The molecular formula is C25H37NO7Si. The van der Waals surface area contributed by atoms with Crippen LogP contribution in [0.3, 0.4) is 0 Å². The van der Waals surface area contributed by atoms with Gasteiger partial charge in [-0.2, -0.15) is 0 Å². The van der Waals surface area contributed by atoms with Crippen LogP contribution in [0.15, 0.2) is 49.6 Å². The maximum Gasteiger partial charge on any atom is 0.413 e. The molecule has 0 heterocycles. The molecule has 0 saturated heterocycles. The Kier molecular flexibility index (Phi) is 12.3. The number of nitrogens with one attached hydrogen (secondary N) is 1. The van der Waals surface area contributed by atoms with Gasteiger partial charge in [0, 0.05) is 6.42 Å². The van der Waals surface area contributed by atoms with Crippen molar-refractivity contribution < 1.29 is 33.0 Å². The molecule has 0 aliphatic carbocycles. The molecule has 188 valence electrons. The summed E-state index contributed by atoms with van der Waals surface area (Å²) in [5.41, 5.74) is 0.897. The van der Waals surface area contributed by atoms with Crippen molar-refractivity contribution in [1.82, 2.24) is 5.32 Å². The average Bonchev–Trinajstić information content (AvgIpc) is 2.76. The van der Waals surface area contributed by atoms with Gasteiger partial charge in [-0.15, -0.1) is 0 Å². The zero-order valence-corrected chi connectivity index (χ0v) is 22.0. The van der Waals surface area contributed by atoms with Crippen molar-refractivity contribution in [3.8, 4) is 5.75 Å². The summed E-state index contributed by atoms with van der Waals surface area (Å²) in [5.74, 6) is -0.918. The molecule has 2 unspecified atom stereocenters. The van der Waals surface area contributed by atoms with Crippen LogP contribution in [0.25, 0.3) is 0 Å². The van der Waals surface area contributed by atoms with Gasteiger partial charge in [-0.3, -0.25) is 4.79 Å². The Labute approximate surface area is 204 Å². The van der Waals surface area contributed by atoms with Crippen LogP contribution in [0.4, 0.5) is 4.79 Å². The van der Waals surface area contributed by atoms with Gasteiger partial charge in [0.2, 0.25) is 0 Å². The largest absolute Gasteiger partial charge is 0.461 e. The van der Waals surface area contributed by atoms with E-state index in [1.165, 1.54) is 12.2 Å². The maximum atomic E-state index is 12.4. The van der Waals surface area contributed by atoms with Crippen LogP contribution in [0.2, 0.25) is 13.1 Å². The first-order valence-corrected chi connectivity index (χ1v) is 14.0. The van der Waals surface area contributed by atoms with Crippen LogP contribution < -0.4 is 10.1 Å². The van der Waals surface area contributed by atoms with E-state index in [-0.39, 0.29) is 37.6 Å². The van der Waals surface area contributed by atoms with Gasteiger partial charge in [0.1, 0.15) is 25.0 Å². The SMILES string of the molecule is C=CCOC(=O)CCC(NC(=O)Oc1ccc(C(O[SiH](C)C)C(C)(C)C)cc1)C(=O)OCC=C. The second-order valence-corrected chi connectivity index (χ2v) is 11.4. The van der Waals surface area contributed by atoms with Gasteiger partial charge in [-0.25, -0.2) is 9.59 Å². The summed E-state index contributed by atoms with van der Waals surface area (Å²) in [6.07, 6.45) is 1.82. The molecule has 0 bridgehead atoms. The first-order chi connectivity index (χ1) is 16.0. The first-order valence-electron chi connectivity index (χ1n) is 11.3. The van der Waals surface area contributed by atoms with E-state index in [0.29, 0.717) is 5.75 Å². The zero-order valence-electron chi connectivity index (χ0n) is 20.8. The number of rotatable bonds is 13. The molecule has 0 spiro atoms. The molecule has 0 aliphatic heterocycles. The minimum absolute atomic E-state index is 0.0102. The predicted octanol–water partition coefficient (Wildman–Crippen LogP) is 4.47. The third kappa shape index (κ3) is 10.8. The van der Waals surface area contributed by atoms with Crippen LogP contribution in [0.5, 0.6) is 5.75 Å². The van der Waals surface area contributed by atoms with E-state index >= 15 is 0 Å². The van der Waals surface area contributed by atoms with Gasteiger partial charge >= 0.3 is 18.0 Å². The molecule has 0 aliphatic rings. The smallest absolute Gasteiger partial charge is 0.413 e. The van der Waals surface area contributed by atoms with Crippen molar-refractivity contribution in [2.75, 3.05) is 13.2 Å². The molecule has 0 saturated carbocycles. The first kappa shape index (κ1) is 29.1. The van der Waals surface area contributed by atoms with Crippen molar-refractivity contribution >= 4 is 27.1 Å². The molecule has 1 rings (SSSR count). The molecule has 0 aromatic heterocycles. The summed E-state index contributed by atoms with van der Waals surface area (Å²) in [4.78, 5) is 36.5. The summed E-state index contributed by atoms with van der Waals surface area (Å²) in [5, 5.41) is 2.46. The molecule has 9 heteroatoms. The summed E-state index contributed by atoms with van der Waals surface area (Å²) in [6, 6.07) is 5.99. The summed E-state index contributed by atoms with van der Waals surface area (Å²) in [7, 11) is -1.27. The van der Waals surface area contributed by atoms with Crippen LogP contribution in [-0.4, -0.2) is 46.3 Å². The van der Waals surface area contributed by atoms with Crippen molar-refractivity contribution in [3.05, 3.63) is 55.1 Å². The lowest BCUT2D eigenvalue weighted by molar-refractivity contribution is -0.146. The van der Waals surface area contributed by atoms with E-state index in [0.717, 1.165) is 5.56 Å². The number of carbonyl (C=O) groups excluding carboxylic acids is 3. The molecule has 1 aromatic rings. The minimum Gasteiger partial charge on any atom is -0.461 e. The lowest BCUT2D eigenvalue weighted by atomic mass is 9.85. The molecule has 34 heavy (non-hydrogen) atoms. The Morgan fingerprint density at radius 3 is 2.15 bits per heavy atom. The van der Waals surface area contributed by atoms with Gasteiger partial charge in [0.05, 0.1) is 6.10 Å². The maximum absolute atomic E-state index is 12.4. The van der Waals surface area contributed by atoms with Crippen LogP contribution in [0.1, 0.15) is 45.3 Å². The molecular weight excluding hydrogens is 454 g/mol. The van der Waals surface area contributed by atoms with Crippen LogP contribution in [0, 0.1) is 5.41 Å². The minimum atomic E-state index is -1.27. The van der Waals surface area contributed by atoms with E-state index in [9.17, 15) is 14.4 Å². The summed E-state index contributed by atoms with van der Waals surface area (Å²) >= 11 is 0. The van der Waals surface area contributed by atoms with Gasteiger partial charge < -0.3 is 24.0 Å². The van der Waals surface area contributed by atoms with Crippen LogP contribution in [-0.2, 0) is 23.5 Å². The second kappa shape index (κ2) is 14.4. The summed E-state index contributed by atoms with van der Waals surface area (Å²) < 4.78 is 21.5. The fourth-order valence-electron chi connectivity index (χ4n) is 3.02. The second-order valence-electron chi connectivity index (χ2n) is 9.02. The van der Waals surface area contributed by atoms with Gasteiger partial charge in [0.15, 0.2) is 9.04 Å². The molecule has 2 atom stereocenters. The van der Waals surface area contributed by atoms with E-state index in [4.69, 9.17) is 18.6 Å². The lowest BCUT2D eigenvalue weighted by Gasteiger charge is -2.33. The molecule has 1 amide bonds. The summed E-state index contributed by atoms with van der Waals surface area (Å²) in [6.45, 7) is 17.6. The number of hydrogen-bond acceptors (Lipinski definition) is 7. The number of esters is 2. The molecule has 0 radical (unpaired) electrons. The Balaban J connectivity index is 2.83. The van der Waals surface area contributed by atoms with Gasteiger partial charge in [0.25, 0.3) is 0 Å². The van der Waals surface area contributed by atoms with Gasteiger partial charge in [-0.1, -0.05) is 58.2 Å². The normalized spacial score (nSPS) is 12.9. The highest BCUT2D eigenvalue weighted by molar-refractivity contribution is 6.48. The Morgan fingerprint density at radius 1 is 1.03 bits per heavy atom. The van der Waals surface area contributed by atoms with Gasteiger partial charge in [-0.05, 0) is 42.6 Å². The molecule has 8 nitrogen and oxygen atoms in total. The third-order valence-corrected chi connectivity index (χ3v) is 5.32. The number of hydrogen-bond donors (Lipinski definition) is 1. The number of ether oxygens (including phenoxy) is 3. The third-order valence-electron chi connectivity index (χ3n) is 4.51. The van der Waals surface area contributed by atoms with E-state index < -0.39 is 33.1 Å². The topological polar surface area (TPSA) is 100 Å². The monoisotopic (exact) mass is 491 g/mol. The number of carbonyl (C=O) groups is 3. The standard InChI is InChI=1S/C25H37NO7Si/c1-8-16-30-21(27)15-14-20(23(28)31-17-9-2)26-24(29)32-19-12-10-18(11-13-19)22(25(3,4)5)33-34(6)7/h8-13,20,22,34H,1-2,14-17H2,3-7H3,(H,26,29). The lowest BCUT2D eigenvalue weighted by Crippen LogP contribution is -2.43. The van der Waals surface area contributed by atoms with Crippen molar-refractivity contribution in [2.45, 2.75) is 58.9 Å². The van der Waals surface area contributed by atoms with Crippen molar-refractivity contribution in [3.63, 3.8) is 0 Å². The van der Waals surface area contributed by atoms with E-state index in [2.05, 4.69) is 52.3 Å². The molecule has 0 fully saturated rings. The molecule has 1 aromatic carbocycles. The highest BCUT2D eigenvalue weighted by Crippen LogP contribution is 2.37. The molecule has 1 N–H and O–H groups in total. The van der Waals surface area contributed by atoms with E-state index in [1.54, 1.807) is 12.1 Å². The van der Waals surface area contributed by atoms with Crippen molar-refractivity contribution in [2.24, 2.45) is 5.41 Å². The van der Waals surface area contributed by atoms with Crippen LogP contribution >= 0.6 is 0 Å². The zero-order chi connectivity index (χ0) is 25.7. The number of amides is 1. The predicted molar refractivity (Wildman–Crippen MR) is 133 cm³/mol. The quantitative estimate of drug-likeness (QED) is 0.247.